The number of rotatable bonds is 6. The Bertz CT molecular complexity index is 286. The lowest BCUT2D eigenvalue weighted by Crippen LogP contribution is -2.07. The van der Waals surface area contributed by atoms with Crippen LogP contribution in [0, 0.1) is 0 Å². The van der Waals surface area contributed by atoms with Crippen molar-refractivity contribution in [1.29, 1.82) is 0 Å². The van der Waals surface area contributed by atoms with Crippen molar-refractivity contribution in [3.05, 3.63) is 29.8 Å². The van der Waals surface area contributed by atoms with Gasteiger partial charge >= 0.3 is 0 Å². The third-order valence-corrected chi connectivity index (χ3v) is 2.21. The number of hydrogen-bond acceptors (Lipinski definition) is 3. The standard InChI is InChI=1S/C12H18O3/c1-3-11(13)10-6-4-5-7-12(10)15-9-8-14-2/h4-7,11,13H,3,8-9H2,1-2H3/t11-/m0/s1. The summed E-state index contributed by atoms with van der Waals surface area (Å²) >= 11 is 0. The van der Waals surface area contributed by atoms with Gasteiger partial charge in [-0.1, -0.05) is 25.1 Å². The Morgan fingerprint density at radius 3 is 2.67 bits per heavy atom. The number of para-hydroxylation sites is 1. The van der Waals surface area contributed by atoms with Crippen LogP contribution in [0.4, 0.5) is 0 Å². The van der Waals surface area contributed by atoms with Crippen molar-refractivity contribution in [3.8, 4) is 5.75 Å². The van der Waals surface area contributed by atoms with E-state index in [0.29, 0.717) is 19.6 Å². The van der Waals surface area contributed by atoms with Gasteiger partial charge in [-0.25, -0.2) is 0 Å². The lowest BCUT2D eigenvalue weighted by molar-refractivity contribution is 0.137. The van der Waals surface area contributed by atoms with E-state index in [4.69, 9.17) is 9.47 Å². The molecule has 0 heterocycles. The molecule has 0 radical (unpaired) electrons. The van der Waals surface area contributed by atoms with E-state index in [1.165, 1.54) is 0 Å². The van der Waals surface area contributed by atoms with Crippen LogP contribution in [0.1, 0.15) is 25.0 Å². The third-order valence-electron chi connectivity index (χ3n) is 2.21. The second-order valence-corrected chi connectivity index (χ2v) is 3.30. The number of hydrogen-bond donors (Lipinski definition) is 1. The molecule has 3 nitrogen and oxygen atoms in total. The lowest BCUT2D eigenvalue weighted by atomic mass is 10.1. The minimum Gasteiger partial charge on any atom is -0.491 e. The second kappa shape index (κ2) is 6.43. The molecule has 0 aromatic heterocycles. The topological polar surface area (TPSA) is 38.7 Å². The monoisotopic (exact) mass is 210 g/mol. The van der Waals surface area contributed by atoms with Crippen molar-refractivity contribution in [1.82, 2.24) is 0 Å². The fraction of sp³-hybridized carbons (Fsp3) is 0.500. The first-order chi connectivity index (χ1) is 7.29. The van der Waals surface area contributed by atoms with E-state index in [9.17, 15) is 5.11 Å². The van der Waals surface area contributed by atoms with Crippen LogP contribution in [0.3, 0.4) is 0 Å². The molecule has 1 aromatic carbocycles. The van der Waals surface area contributed by atoms with E-state index in [2.05, 4.69) is 0 Å². The van der Waals surface area contributed by atoms with Crippen LogP contribution in [0.25, 0.3) is 0 Å². The van der Waals surface area contributed by atoms with Crippen LogP contribution >= 0.6 is 0 Å². The van der Waals surface area contributed by atoms with E-state index in [-0.39, 0.29) is 0 Å². The van der Waals surface area contributed by atoms with Crippen molar-refractivity contribution in [2.75, 3.05) is 20.3 Å². The fourth-order valence-electron chi connectivity index (χ4n) is 1.34. The molecule has 0 saturated heterocycles. The van der Waals surface area contributed by atoms with Gasteiger partial charge in [0.15, 0.2) is 0 Å². The van der Waals surface area contributed by atoms with Crippen molar-refractivity contribution in [2.45, 2.75) is 19.4 Å². The maximum atomic E-state index is 9.76. The summed E-state index contributed by atoms with van der Waals surface area (Å²) in [6.45, 7) is 3.00. The fourth-order valence-corrected chi connectivity index (χ4v) is 1.34. The van der Waals surface area contributed by atoms with Crippen LogP contribution in [-0.4, -0.2) is 25.4 Å². The number of benzene rings is 1. The smallest absolute Gasteiger partial charge is 0.125 e. The minimum absolute atomic E-state index is 0.455. The molecule has 0 aliphatic rings. The van der Waals surface area contributed by atoms with Gasteiger partial charge in [0.05, 0.1) is 12.7 Å². The van der Waals surface area contributed by atoms with Crippen molar-refractivity contribution >= 4 is 0 Å². The zero-order valence-corrected chi connectivity index (χ0v) is 9.27. The summed E-state index contributed by atoms with van der Waals surface area (Å²) in [5.74, 6) is 0.740. The molecule has 3 heteroatoms. The molecule has 0 saturated carbocycles. The molecule has 0 aliphatic carbocycles. The molecule has 84 valence electrons. The molecule has 1 atom stereocenters. The molecule has 0 unspecified atom stereocenters. The van der Waals surface area contributed by atoms with E-state index >= 15 is 0 Å². The van der Waals surface area contributed by atoms with Crippen LogP contribution in [0.15, 0.2) is 24.3 Å². The van der Waals surface area contributed by atoms with Gasteiger partial charge in [0, 0.05) is 12.7 Å². The van der Waals surface area contributed by atoms with Crippen LogP contribution in [0.2, 0.25) is 0 Å². The molecule has 0 aliphatic heterocycles. The zero-order valence-electron chi connectivity index (χ0n) is 9.27. The first-order valence-electron chi connectivity index (χ1n) is 5.18. The highest BCUT2D eigenvalue weighted by molar-refractivity contribution is 5.34. The van der Waals surface area contributed by atoms with Gasteiger partial charge in [-0.2, -0.15) is 0 Å². The quantitative estimate of drug-likeness (QED) is 0.731. The summed E-state index contributed by atoms with van der Waals surface area (Å²) in [6, 6.07) is 7.55. The summed E-state index contributed by atoms with van der Waals surface area (Å²) in [4.78, 5) is 0. The third kappa shape index (κ3) is 3.53. The van der Waals surface area contributed by atoms with Gasteiger partial charge in [-0.3, -0.25) is 0 Å². The minimum atomic E-state index is -0.455. The van der Waals surface area contributed by atoms with E-state index < -0.39 is 6.10 Å². The van der Waals surface area contributed by atoms with Crippen LogP contribution in [0.5, 0.6) is 5.75 Å². The van der Waals surface area contributed by atoms with Gasteiger partial charge in [0.1, 0.15) is 12.4 Å². The average molecular weight is 210 g/mol. The Morgan fingerprint density at radius 1 is 1.27 bits per heavy atom. The van der Waals surface area contributed by atoms with Gasteiger partial charge < -0.3 is 14.6 Å². The maximum Gasteiger partial charge on any atom is 0.125 e. The summed E-state index contributed by atoms with van der Waals surface area (Å²) in [7, 11) is 1.64. The molecule has 0 spiro atoms. The molecular weight excluding hydrogens is 192 g/mol. The van der Waals surface area contributed by atoms with Gasteiger partial charge in [0.25, 0.3) is 0 Å². The molecule has 1 rings (SSSR count). The molecular formula is C12H18O3. The van der Waals surface area contributed by atoms with Crippen molar-refractivity contribution in [2.24, 2.45) is 0 Å². The number of aliphatic hydroxyl groups excluding tert-OH is 1. The van der Waals surface area contributed by atoms with Crippen LogP contribution < -0.4 is 4.74 Å². The Balaban J connectivity index is 2.68. The Morgan fingerprint density at radius 2 is 2.00 bits per heavy atom. The maximum absolute atomic E-state index is 9.76. The van der Waals surface area contributed by atoms with E-state index in [1.54, 1.807) is 7.11 Å². The van der Waals surface area contributed by atoms with Crippen molar-refractivity contribution in [3.63, 3.8) is 0 Å². The first kappa shape index (κ1) is 12.0. The highest BCUT2D eigenvalue weighted by atomic mass is 16.5. The molecule has 0 fully saturated rings. The van der Waals surface area contributed by atoms with Gasteiger partial charge in [-0.05, 0) is 12.5 Å². The van der Waals surface area contributed by atoms with Crippen molar-refractivity contribution < 1.29 is 14.6 Å². The Hall–Kier alpha value is -1.06. The molecule has 1 aromatic rings. The molecule has 15 heavy (non-hydrogen) atoms. The van der Waals surface area contributed by atoms with E-state index in [1.807, 2.05) is 31.2 Å². The Labute approximate surface area is 90.6 Å². The lowest BCUT2D eigenvalue weighted by Gasteiger charge is -2.14. The SMILES string of the molecule is CC[C@H](O)c1ccccc1OCCOC. The summed E-state index contributed by atoms with van der Waals surface area (Å²) < 4.78 is 10.4. The molecule has 0 bridgehead atoms. The predicted octanol–water partition coefficient (Wildman–Crippen LogP) is 2.16. The van der Waals surface area contributed by atoms with Crippen LogP contribution in [-0.2, 0) is 4.74 Å². The molecule has 0 amide bonds. The average Bonchev–Trinajstić information content (AvgIpc) is 2.29. The van der Waals surface area contributed by atoms with Gasteiger partial charge in [0.2, 0.25) is 0 Å². The number of methoxy groups -OCH3 is 1. The number of aliphatic hydroxyl groups is 1. The van der Waals surface area contributed by atoms with E-state index in [0.717, 1.165) is 11.3 Å². The number of ether oxygens (including phenoxy) is 2. The Kier molecular flexibility index (Phi) is 5.15. The normalized spacial score (nSPS) is 12.5. The predicted molar refractivity (Wildman–Crippen MR) is 59.1 cm³/mol. The summed E-state index contributed by atoms with van der Waals surface area (Å²) in [6.07, 6.45) is 0.230. The summed E-state index contributed by atoms with van der Waals surface area (Å²) in [5.41, 5.74) is 0.844. The largest absolute Gasteiger partial charge is 0.491 e. The summed E-state index contributed by atoms with van der Waals surface area (Å²) in [5, 5.41) is 9.76. The molecule has 1 N–H and O–H groups in total. The van der Waals surface area contributed by atoms with Gasteiger partial charge in [-0.15, -0.1) is 0 Å². The highest BCUT2D eigenvalue weighted by Gasteiger charge is 2.10. The second-order valence-electron chi connectivity index (χ2n) is 3.30. The first-order valence-corrected chi connectivity index (χ1v) is 5.18. The zero-order chi connectivity index (χ0) is 11.1. The highest BCUT2D eigenvalue weighted by Crippen LogP contribution is 2.26.